The molecule has 0 saturated carbocycles. The molecule has 1 aliphatic heterocycles. The van der Waals surface area contributed by atoms with Gasteiger partial charge in [-0.15, -0.1) is 0 Å². The van der Waals surface area contributed by atoms with Crippen LogP contribution in [0.1, 0.15) is 50.8 Å². The summed E-state index contributed by atoms with van der Waals surface area (Å²) in [5.41, 5.74) is 1.62. The maximum atomic E-state index is 12.9. The quantitative estimate of drug-likeness (QED) is 0.709. The SMILES string of the molecule is COc1ccc([C@H](NCc2ccc(OC)nc2)[C@@H]2CCCN2C(=O)OC(C)(C)C)cc1. The van der Waals surface area contributed by atoms with E-state index in [4.69, 9.17) is 14.2 Å². The molecule has 1 fully saturated rings. The number of carbonyl (C=O) groups excluding carboxylic acids is 1. The van der Waals surface area contributed by atoms with E-state index in [0.29, 0.717) is 19.0 Å². The average molecular weight is 428 g/mol. The highest BCUT2D eigenvalue weighted by Crippen LogP contribution is 2.32. The van der Waals surface area contributed by atoms with Crippen molar-refractivity contribution in [2.75, 3.05) is 20.8 Å². The fraction of sp³-hybridized carbons (Fsp3) is 0.500. The Kier molecular flexibility index (Phi) is 7.38. The van der Waals surface area contributed by atoms with Crippen LogP contribution < -0.4 is 14.8 Å². The topological polar surface area (TPSA) is 72.9 Å². The van der Waals surface area contributed by atoms with Crippen molar-refractivity contribution in [1.29, 1.82) is 0 Å². The number of nitrogens with one attached hydrogen (secondary N) is 1. The molecule has 3 rings (SSSR count). The van der Waals surface area contributed by atoms with Crippen molar-refractivity contribution in [3.8, 4) is 11.6 Å². The van der Waals surface area contributed by atoms with E-state index in [2.05, 4.69) is 10.3 Å². The molecule has 1 N–H and O–H groups in total. The average Bonchev–Trinajstić information content (AvgIpc) is 3.23. The summed E-state index contributed by atoms with van der Waals surface area (Å²) in [5, 5.41) is 3.65. The Bertz CT molecular complexity index is 847. The molecule has 31 heavy (non-hydrogen) atoms. The van der Waals surface area contributed by atoms with Crippen LogP contribution in [-0.2, 0) is 11.3 Å². The van der Waals surface area contributed by atoms with Crippen molar-refractivity contribution in [2.24, 2.45) is 0 Å². The summed E-state index contributed by atoms with van der Waals surface area (Å²) in [6.45, 7) is 6.99. The number of hydrogen-bond acceptors (Lipinski definition) is 6. The molecule has 2 aromatic rings. The van der Waals surface area contributed by atoms with Crippen molar-refractivity contribution in [1.82, 2.24) is 15.2 Å². The molecule has 7 heteroatoms. The lowest BCUT2D eigenvalue weighted by molar-refractivity contribution is 0.0194. The molecule has 2 heterocycles. The smallest absolute Gasteiger partial charge is 0.410 e. The van der Waals surface area contributed by atoms with Gasteiger partial charge in [-0.05, 0) is 56.9 Å². The molecule has 1 saturated heterocycles. The summed E-state index contributed by atoms with van der Waals surface area (Å²) in [7, 11) is 3.26. The van der Waals surface area contributed by atoms with E-state index in [9.17, 15) is 4.79 Å². The molecule has 7 nitrogen and oxygen atoms in total. The number of pyridine rings is 1. The number of hydrogen-bond donors (Lipinski definition) is 1. The van der Waals surface area contributed by atoms with Gasteiger partial charge in [0.05, 0.1) is 26.3 Å². The lowest BCUT2D eigenvalue weighted by Gasteiger charge is -2.34. The molecule has 1 amide bonds. The van der Waals surface area contributed by atoms with E-state index in [1.165, 1.54) is 0 Å². The second-order valence-electron chi connectivity index (χ2n) is 8.72. The Morgan fingerprint density at radius 2 is 1.90 bits per heavy atom. The van der Waals surface area contributed by atoms with E-state index >= 15 is 0 Å². The Hall–Kier alpha value is -2.80. The molecule has 1 aromatic heterocycles. The first-order chi connectivity index (χ1) is 14.8. The summed E-state index contributed by atoms with van der Waals surface area (Å²) in [4.78, 5) is 19.0. The first-order valence-electron chi connectivity index (χ1n) is 10.7. The molecular formula is C24H33N3O4. The van der Waals surface area contributed by atoms with Crippen molar-refractivity contribution in [3.05, 3.63) is 53.7 Å². The number of ether oxygens (including phenoxy) is 3. The zero-order valence-corrected chi connectivity index (χ0v) is 19.1. The predicted octanol–water partition coefficient (Wildman–Crippen LogP) is 4.33. The van der Waals surface area contributed by atoms with Gasteiger partial charge in [0, 0.05) is 25.4 Å². The number of methoxy groups -OCH3 is 2. The number of likely N-dealkylation sites (tertiary alicyclic amines) is 1. The van der Waals surface area contributed by atoms with Gasteiger partial charge < -0.3 is 24.4 Å². The molecule has 1 aliphatic rings. The number of nitrogens with zero attached hydrogens (tertiary/aromatic N) is 2. The highest BCUT2D eigenvalue weighted by molar-refractivity contribution is 5.69. The first kappa shape index (κ1) is 22.9. The minimum atomic E-state index is -0.526. The maximum Gasteiger partial charge on any atom is 0.410 e. The molecule has 0 bridgehead atoms. The van der Waals surface area contributed by atoms with Crippen LogP contribution in [0.5, 0.6) is 11.6 Å². The molecular weight excluding hydrogens is 394 g/mol. The van der Waals surface area contributed by atoms with Crippen LogP contribution in [0.15, 0.2) is 42.6 Å². The molecule has 1 aromatic carbocycles. The predicted molar refractivity (Wildman–Crippen MR) is 119 cm³/mol. The van der Waals surface area contributed by atoms with E-state index in [0.717, 1.165) is 29.7 Å². The van der Waals surface area contributed by atoms with E-state index < -0.39 is 5.60 Å². The summed E-state index contributed by atoms with van der Waals surface area (Å²) < 4.78 is 16.1. The van der Waals surface area contributed by atoms with Crippen LogP contribution in [0.3, 0.4) is 0 Å². The second kappa shape index (κ2) is 10.0. The molecule has 0 unspecified atom stereocenters. The third kappa shape index (κ3) is 6.10. The largest absolute Gasteiger partial charge is 0.497 e. The number of rotatable bonds is 7. The monoisotopic (exact) mass is 427 g/mol. The number of carbonyl (C=O) groups is 1. The fourth-order valence-corrected chi connectivity index (χ4v) is 3.84. The molecule has 168 valence electrons. The Morgan fingerprint density at radius 3 is 2.48 bits per heavy atom. The van der Waals surface area contributed by atoms with E-state index in [1.807, 2.05) is 62.1 Å². The van der Waals surface area contributed by atoms with Crippen molar-refractivity contribution < 1.29 is 19.0 Å². The van der Waals surface area contributed by atoms with Gasteiger partial charge in [0.1, 0.15) is 11.4 Å². The van der Waals surface area contributed by atoms with Gasteiger partial charge in [-0.1, -0.05) is 18.2 Å². The van der Waals surface area contributed by atoms with Crippen molar-refractivity contribution in [3.63, 3.8) is 0 Å². The Labute approximate surface area is 184 Å². The second-order valence-corrected chi connectivity index (χ2v) is 8.72. The van der Waals surface area contributed by atoms with Gasteiger partial charge in [-0.3, -0.25) is 0 Å². The summed E-state index contributed by atoms with van der Waals surface area (Å²) in [5.74, 6) is 1.39. The lowest BCUT2D eigenvalue weighted by Crippen LogP contribution is -2.45. The van der Waals surface area contributed by atoms with Crippen LogP contribution >= 0.6 is 0 Å². The Balaban J connectivity index is 1.82. The van der Waals surface area contributed by atoms with Gasteiger partial charge in [0.15, 0.2) is 0 Å². The summed E-state index contributed by atoms with van der Waals surface area (Å²) >= 11 is 0. The molecule has 0 aliphatic carbocycles. The van der Waals surface area contributed by atoms with Crippen LogP contribution in [0.4, 0.5) is 4.79 Å². The van der Waals surface area contributed by atoms with Gasteiger partial charge in [0.25, 0.3) is 0 Å². The zero-order chi connectivity index (χ0) is 22.4. The van der Waals surface area contributed by atoms with Gasteiger partial charge >= 0.3 is 6.09 Å². The number of amides is 1. The highest BCUT2D eigenvalue weighted by atomic mass is 16.6. The van der Waals surface area contributed by atoms with Crippen LogP contribution in [0.2, 0.25) is 0 Å². The van der Waals surface area contributed by atoms with Gasteiger partial charge in [-0.2, -0.15) is 0 Å². The van der Waals surface area contributed by atoms with E-state index in [-0.39, 0.29) is 18.2 Å². The third-order valence-corrected chi connectivity index (χ3v) is 5.32. The highest BCUT2D eigenvalue weighted by Gasteiger charge is 2.37. The number of aromatic nitrogens is 1. The van der Waals surface area contributed by atoms with Crippen LogP contribution in [-0.4, -0.2) is 48.4 Å². The van der Waals surface area contributed by atoms with Crippen molar-refractivity contribution in [2.45, 2.75) is 57.8 Å². The van der Waals surface area contributed by atoms with Crippen LogP contribution in [0.25, 0.3) is 0 Å². The standard InChI is InChI=1S/C24H33N3O4/c1-24(2,3)31-23(28)27-14-6-7-20(27)22(18-9-11-19(29-4)12-10-18)26-16-17-8-13-21(30-5)25-15-17/h8-13,15,20,22,26H,6-7,14,16H2,1-5H3/t20-,22-/m0/s1. The number of benzene rings is 1. The minimum absolute atomic E-state index is 0.00514. The summed E-state index contributed by atoms with van der Waals surface area (Å²) in [6, 6.07) is 11.8. The minimum Gasteiger partial charge on any atom is -0.497 e. The third-order valence-electron chi connectivity index (χ3n) is 5.32. The van der Waals surface area contributed by atoms with Crippen LogP contribution in [0, 0.1) is 0 Å². The summed E-state index contributed by atoms with van der Waals surface area (Å²) in [6.07, 6.45) is 3.39. The Morgan fingerprint density at radius 1 is 1.16 bits per heavy atom. The van der Waals surface area contributed by atoms with E-state index in [1.54, 1.807) is 20.4 Å². The molecule has 0 spiro atoms. The van der Waals surface area contributed by atoms with Crippen molar-refractivity contribution >= 4 is 6.09 Å². The maximum absolute atomic E-state index is 12.9. The lowest BCUT2D eigenvalue weighted by atomic mass is 9.97. The zero-order valence-electron chi connectivity index (χ0n) is 19.1. The molecule has 2 atom stereocenters. The molecule has 0 radical (unpaired) electrons. The first-order valence-corrected chi connectivity index (χ1v) is 10.7. The normalized spacial score (nSPS) is 17.3. The van der Waals surface area contributed by atoms with Gasteiger partial charge in [-0.25, -0.2) is 9.78 Å². The van der Waals surface area contributed by atoms with Gasteiger partial charge in [0.2, 0.25) is 5.88 Å². The fourth-order valence-electron chi connectivity index (χ4n) is 3.84.